The van der Waals surface area contributed by atoms with Crippen molar-refractivity contribution in [2.24, 2.45) is 0 Å². The third-order valence-corrected chi connectivity index (χ3v) is 5.33. The molecule has 2 aliphatic heterocycles. The lowest BCUT2D eigenvalue weighted by atomic mass is 9.96. The number of anilines is 1. The van der Waals surface area contributed by atoms with Gasteiger partial charge in [-0.2, -0.15) is 0 Å². The molecule has 0 radical (unpaired) electrons. The van der Waals surface area contributed by atoms with Crippen LogP contribution in [-0.4, -0.2) is 6.17 Å². The second-order valence-corrected chi connectivity index (χ2v) is 6.83. The molecule has 0 aromatic heterocycles. The van der Waals surface area contributed by atoms with Crippen molar-refractivity contribution in [1.29, 1.82) is 0 Å². The fourth-order valence-corrected chi connectivity index (χ4v) is 3.98. The Balaban J connectivity index is 1.54. The first kappa shape index (κ1) is 14.4. The van der Waals surface area contributed by atoms with Gasteiger partial charge in [0, 0.05) is 17.8 Å². The molecule has 0 fully saturated rings. The Morgan fingerprint density at radius 1 is 0.760 bits per heavy atom. The van der Waals surface area contributed by atoms with E-state index in [2.05, 4.69) is 102 Å². The van der Waals surface area contributed by atoms with Crippen LogP contribution in [0.5, 0.6) is 0 Å². The van der Waals surface area contributed by atoms with Gasteiger partial charge in [-0.25, -0.2) is 0 Å². The van der Waals surface area contributed by atoms with Gasteiger partial charge in [-0.15, -0.1) is 0 Å². The van der Waals surface area contributed by atoms with Gasteiger partial charge in [-0.1, -0.05) is 73.7 Å². The van der Waals surface area contributed by atoms with E-state index < -0.39 is 0 Å². The van der Waals surface area contributed by atoms with Gasteiger partial charge in [0.05, 0.1) is 5.70 Å². The smallest absolute Gasteiger partial charge is 0.110 e. The minimum Gasteiger partial charge on any atom is -0.363 e. The number of hydrogen-bond acceptors (Lipinski definition) is 2. The first-order valence-electron chi connectivity index (χ1n) is 8.83. The second kappa shape index (κ2) is 5.52. The predicted molar refractivity (Wildman–Crippen MR) is 104 cm³/mol. The number of nitrogens with zero attached hydrogens (tertiary/aromatic N) is 1. The third-order valence-electron chi connectivity index (χ3n) is 5.33. The Labute approximate surface area is 148 Å². The molecule has 2 aliphatic rings. The summed E-state index contributed by atoms with van der Waals surface area (Å²) < 4.78 is 0. The van der Waals surface area contributed by atoms with Crippen LogP contribution in [0.15, 0.2) is 85.1 Å². The molecule has 3 aromatic rings. The van der Waals surface area contributed by atoms with E-state index in [1.165, 1.54) is 33.6 Å². The van der Waals surface area contributed by atoms with Crippen molar-refractivity contribution in [2.75, 3.05) is 4.90 Å². The summed E-state index contributed by atoms with van der Waals surface area (Å²) in [5, 5.41) is 3.71. The highest BCUT2D eigenvalue weighted by Crippen LogP contribution is 2.45. The molecule has 2 heteroatoms. The minimum absolute atomic E-state index is 0.302. The Hall–Kier alpha value is -3.00. The van der Waals surface area contributed by atoms with E-state index in [0.717, 1.165) is 0 Å². The van der Waals surface area contributed by atoms with Crippen LogP contribution in [0, 0.1) is 0 Å². The number of nitrogens with one attached hydrogen (secondary N) is 1. The maximum atomic E-state index is 3.71. The molecule has 1 N–H and O–H groups in total. The molecule has 0 amide bonds. The van der Waals surface area contributed by atoms with E-state index >= 15 is 0 Å². The van der Waals surface area contributed by atoms with E-state index in [1.807, 2.05) is 0 Å². The fourth-order valence-electron chi connectivity index (χ4n) is 3.98. The zero-order chi connectivity index (χ0) is 16.8. The van der Waals surface area contributed by atoms with Crippen LogP contribution in [0.3, 0.4) is 0 Å². The highest BCUT2D eigenvalue weighted by molar-refractivity contribution is 5.79. The molecule has 0 bridgehead atoms. The van der Waals surface area contributed by atoms with E-state index in [-0.39, 0.29) is 0 Å². The molecule has 2 heterocycles. The van der Waals surface area contributed by atoms with Crippen molar-refractivity contribution in [3.05, 3.63) is 96.2 Å². The molecule has 2 unspecified atom stereocenters. The van der Waals surface area contributed by atoms with Gasteiger partial charge in [0.1, 0.15) is 6.17 Å². The number of rotatable bonds is 2. The Bertz CT molecular complexity index is 944. The fraction of sp³-hybridized carbons (Fsp3) is 0.130. The van der Waals surface area contributed by atoms with E-state index in [0.29, 0.717) is 12.1 Å². The Morgan fingerprint density at radius 3 is 2.16 bits per heavy atom. The lowest BCUT2D eigenvalue weighted by Gasteiger charge is -2.20. The van der Waals surface area contributed by atoms with E-state index in [4.69, 9.17) is 0 Å². The van der Waals surface area contributed by atoms with Crippen LogP contribution in [0.25, 0.3) is 16.8 Å². The number of benzene rings is 3. The van der Waals surface area contributed by atoms with Gasteiger partial charge in [0.2, 0.25) is 0 Å². The van der Waals surface area contributed by atoms with E-state index in [9.17, 15) is 0 Å². The minimum atomic E-state index is 0.302. The van der Waals surface area contributed by atoms with E-state index in [1.54, 1.807) is 0 Å². The first-order valence-corrected chi connectivity index (χ1v) is 8.83. The van der Waals surface area contributed by atoms with Crippen molar-refractivity contribution >= 4 is 11.4 Å². The molecule has 5 rings (SSSR count). The van der Waals surface area contributed by atoms with Gasteiger partial charge in [0.25, 0.3) is 0 Å². The zero-order valence-corrected chi connectivity index (χ0v) is 14.2. The highest BCUT2D eigenvalue weighted by Gasteiger charge is 2.39. The van der Waals surface area contributed by atoms with Gasteiger partial charge in [-0.05, 0) is 34.4 Å². The summed E-state index contributed by atoms with van der Waals surface area (Å²) in [6, 6.07) is 28.0. The molecule has 2 atom stereocenters. The maximum Gasteiger partial charge on any atom is 0.110 e. The van der Waals surface area contributed by atoms with Crippen LogP contribution in [-0.2, 0) is 0 Å². The van der Waals surface area contributed by atoms with Crippen molar-refractivity contribution in [2.45, 2.75) is 19.0 Å². The molecule has 0 saturated heterocycles. The van der Waals surface area contributed by atoms with Crippen LogP contribution < -0.4 is 10.2 Å². The quantitative estimate of drug-likeness (QED) is 0.696. The molecule has 0 saturated carbocycles. The largest absolute Gasteiger partial charge is 0.363 e. The standard InChI is InChI=1S/C23H20N2/c1-16-20-14-19(17-8-4-2-5-9-17)12-13-22(20)25-15-21(24-23(16)25)18-10-6-3-7-11-18/h2-16,23-24H,1H3. The van der Waals surface area contributed by atoms with Crippen LogP contribution in [0.2, 0.25) is 0 Å². The average molecular weight is 324 g/mol. The molecular weight excluding hydrogens is 304 g/mol. The SMILES string of the molecule is CC1c2cc(-c3ccccc3)ccc2N2C=C(c3ccccc3)NC12. The molecular formula is C23H20N2. The molecule has 122 valence electrons. The van der Waals surface area contributed by atoms with Crippen LogP contribution in [0.4, 0.5) is 5.69 Å². The summed E-state index contributed by atoms with van der Waals surface area (Å²) >= 11 is 0. The van der Waals surface area contributed by atoms with Crippen molar-refractivity contribution < 1.29 is 0 Å². The van der Waals surface area contributed by atoms with Crippen molar-refractivity contribution in [3.8, 4) is 11.1 Å². The first-order chi connectivity index (χ1) is 12.3. The van der Waals surface area contributed by atoms with Gasteiger partial charge in [-0.3, -0.25) is 0 Å². The Morgan fingerprint density at radius 2 is 1.44 bits per heavy atom. The van der Waals surface area contributed by atoms with Crippen LogP contribution >= 0.6 is 0 Å². The second-order valence-electron chi connectivity index (χ2n) is 6.83. The average Bonchev–Trinajstić information content (AvgIpc) is 3.23. The third kappa shape index (κ3) is 2.25. The molecule has 25 heavy (non-hydrogen) atoms. The van der Waals surface area contributed by atoms with Gasteiger partial charge in [0.15, 0.2) is 0 Å². The van der Waals surface area contributed by atoms with Gasteiger partial charge >= 0.3 is 0 Å². The lowest BCUT2D eigenvalue weighted by Crippen LogP contribution is -2.35. The Kier molecular flexibility index (Phi) is 3.17. The summed E-state index contributed by atoms with van der Waals surface area (Å²) in [7, 11) is 0. The molecule has 3 aromatic carbocycles. The van der Waals surface area contributed by atoms with Crippen LogP contribution in [0.1, 0.15) is 24.0 Å². The molecule has 0 spiro atoms. The number of fused-ring (bicyclic) bond motifs is 3. The highest BCUT2D eigenvalue weighted by atomic mass is 15.3. The summed E-state index contributed by atoms with van der Waals surface area (Å²) in [5.74, 6) is 0.441. The summed E-state index contributed by atoms with van der Waals surface area (Å²) in [6.45, 7) is 2.31. The lowest BCUT2D eigenvalue weighted by molar-refractivity contribution is 0.571. The maximum absolute atomic E-state index is 3.71. The number of hydrogen-bond donors (Lipinski definition) is 1. The normalized spacial score (nSPS) is 20.7. The van der Waals surface area contributed by atoms with Gasteiger partial charge < -0.3 is 10.2 Å². The van der Waals surface area contributed by atoms with Crippen molar-refractivity contribution in [3.63, 3.8) is 0 Å². The summed E-state index contributed by atoms with van der Waals surface area (Å²) in [5.41, 5.74) is 7.75. The summed E-state index contributed by atoms with van der Waals surface area (Å²) in [6.07, 6.45) is 2.56. The molecule has 2 nitrogen and oxygen atoms in total. The van der Waals surface area contributed by atoms with Crippen molar-refractivity contribution in [1.82, 2.24) is 5.32 Å². The summed E-state index contributed by atoms with van der Waals surface area (Å²) in [4.78, 5) is 2.39. The predicted octanol–water partition coefficient (Wildman–Crippen LogP) is 5.21. The topological polar surface area (TPSA) is 15.3 Å². The molecule has 0 aliphatic carbocycles. The monoisotopic (exact) mass is 324 g/mol. The zero-order valence-electron chi connectivity index (χ0n) is 14.2.